The maximum atomic E-state index is 11.5. The van der Waals surface area contributed by atoms with Crippen LogP contribution in [0.2, 0.25) is 0 Å². The van der Waals surface area contributed by atoms with Crippen molar-refractivity contribution in [3.05, 3.63) is 35.9 Å². The Morgan fingerprint density at radius 2 is 2.00 bits per heavy atom. The molecule has 1 aliphatic carbocycles. The van der Waals surface area contributed by atoms with Crippen molar-refractivity contribution in [3.63, 3.8) is 0 Å². The lowest BCUT2D eigenvalue weighted by Crippen LogP contribution is -2.32. The first-order chi connectivity index (χ1) is 8.34. The topological polar surface area (TPSA) is 50.4 Å². The molecule has 1 aromatic carbocycles. The molecule has 0 unspecified atom stereocenters. The van der Waals surface area contributed by atoms with Crippen molar-refractivity contribution in [2.45, 2.75) is 12.6 Å². The van der Waals surface area contributed by atoms with E-state index in [0.717, 1.165) is 18.7 Å². The number of alkyl carbamates (subject to hydrolysis) is 1. The minimum absolute atomic E-state index is 0.298. The third-order valence-electron chi connectivity index (χ3n) is 3.59. The van der Waals surface area contributed by atoms with Gasteiger partial charge in [-0.25, -0.2) is 4.79 Å². The lowest BCUT2D eigenvalue weighted by molar-refractivity contribution is 0.138. The fraction of sp³-hybridized carbons (Fsp3) is 0.462. The Bertz CT molecular complexity index is 397. The van der Waals surface area contributed by atoms with E-state index in [4.69, 9.17) is 4.74 Å². The predicted molar refractivity (Wildman–Crippen MR) is 63.4 cm³/mol. The summed E-state index contributed by atoms with van der Waals surface area (Å²) in [6.45, 7) is 2.38. The molecule has 0 bridgehead atoms. The first-order valence-electron chi connectivity index (χ1n) is 6.02. The predicted octanol–water partition coefficient (Wildman–Crippen LogP) is 1.13. The Kier molecular flexibility index (Phi) is 2.73. The lowest BCUT2D eigenvalue weighted by atomic mass is 10.2. The summed E-state index contributed by atoms with van der Waals surface area (Å²) in [4.78, 5) is 11.5. The lowest BCUT2D eigenvalue weighted by Gasteiger charge is -2.08. The van der Waals surface area contributed by atoms with E-state index in [9.17, 15) is 4.79 Å². The minimum atomic E-state index is -0.298. The summed E-state index contributed by atoms with van der Waals surface area (Å²) < 4.78 is 5.17. The molecule has 4 heteroatoms. The van der Waals surface area contributed by atoms with Crippen molar-refractivity contribution in [3.8, 4) is 0 Å². The van der Waals surface area contributed by atoms with Gasteiger partial charge < -0.3 is 15.4 Å². The van der Waals surface area contributed by atoms with Crippen LogP contribution >= 0.6 is 0 Å². The number of ether oxygens (including phenoxy) is 1. The van der Waals surface area contributed by atoms with E-state index in [1.54, 1.807) is 0 Å². The third-order valence-corrected chi connectivity index (χ3v) is 3.59. The zero-order valence-electron chi connectivity index (χ0n) is 9.56. The van der Waals surface area contributed by atoms with Crippen molar-refractivity contribution in [2.24, 2.45) is 11.8 Å². The number of carbonyl (C=O) groups is 1. The SMILES string of the molecule is O=C(N[C@H]1[C@@H]2CNC[C@@H]21)OCc1ccccc1. The van der Waals surface area contributed by atoms with Crippen molar-refractivity contribution >= 4 is 6.09 Å². The number of benzene rings is 1. The zero-order valence-corrected chi connectivity index (χ0v) is 9.56. The molecule has 2 fully saturated rings. The van der Waals surface area contributed by atoms with Crippen LogP contribution in [0.5, 0.6) is 0 Å². The van der Waals surface area contributed by atoms with Crippen molar-refractivity contribution < 1.29 is 9.53 Å². The Hall–Kier alpha value is -1.55. The summed E-state index contributed by atoms with van der Waals surface area (Å²) in [6.07, 6.45) is -0.298. The van der Waals surface area contributed by atoms with Crippen LogP contribution < -0.4 is 10.6 Å². The van der Waals surface area contributed by atoms with Crippen molar-refractivity contribution in [1.29, 1.82) is 0 Å². The second-order valence-corrected chi connectivity index (χ2v) is 4.72. The van der Waals surface area contributed by atoms with Gasteiger partial charge in [0, 0.05) is 19.1 Å². The zero-order chi connectivity index (χ0) is 11.7. The molecule has 4 nitrogen and oxygen atoms in total. The van der Waals surface area contributed by atoms with Crippen LogP contribution in [0, 0.1) is 11.8 Å². The molecule has 1 saturated carbocycles. The van der Waals surface area contributed by atoms with Gasteiger partial charge in [-0.3, -0.25) is 0 Å². The maximum Gasteiger partial charge on any atom is 0.407 e. The summed E-state index contributed by atoms with van der Waals surface area (Å²) in [7, 11) is 0. The highest BCUT2D eigenvalue weighted by atomic mass is 16.5. The normalized spacial score (nSPS) is 29.5. The maximum absolute atomic E-state index is 11.5. The minimum Gasteiger partial charge on any atom is -0.445 e. The monoisotopic (exact) mass is 232 g/mol. The summed E-state index contributed by atoms with van der Waals surface area (Å²) in [5.41, 5.74) is 1.01. The Morgan fingerprint density at radius 1 is 1.29 bits per heavy atom. The number of hydrogen-bond donors (Lipinski definition) is 2. The number of carbonyl (C=O) groups excluding carboxylic acids is 1. The van der Waals surface area contributed by atoms with Gasteiger partial charge in [-0.2, -0.15) is 0 Å². The first kappa shape index (κ1) is 10.6. The van der Waals surface area contributed by atoms with Gasteiger partial charge in [-0.05, 0) is 17.4 Å². The van der Waals surface area contributed by atoms with Crippen LogP contribution in [0.15, 0.2) is 30.3 Å². The van der Waals surface area contributed by atoms with Gasteiger partial charge in [-0.1, -0.05) is 30.3 Å². The van der Waals surface area contributed by atoms with Gasteiger partial charge in [0.05, 0.1) is 0 Å². The van der Waals surface area contributed by atoms with Crippen molar-refractivity contribution in [2.75, 3.05) is 13.1 Å². The average Bonchev–Trinajstić information content (AvgIpc) is 2.79. The molecule has 2 aliphatic rings. The molecular formula is C13H16N2O2. The standard InChI is InChI=1S/C13H16N2O2/c16-13(15-12-10-6-14-7-11(10)12)17-8-9-4-2-1-3-5-9/h1-5,10-12,14H,6-8H2,(H,15,16)/t10-,11+,12+. The smallest absolute Gasteiger partial charge is 0.407 e. The second-order valence-electron chi connectivity index (χ2n) is 4.72. The molecule has 3 atom stereocenters. The highest BCUT2D eigenvalue weighted by molar-refractivity contribution is 5.68. The summed E-state index contributed by atoms with van der Waals surface area (Å²) >= 11 is 0. The highest BCUT2D eigenvalue weighted by Crippen LogP contribution is 2.41. The molecule has 0 spiro atoms. The van der Waals surface area contributed by atoms with Gasteiger partial charge in [0.2, 0.25) is 0 Å². The van der Waals surface area contributed by atoms with Crippen LogP contribution in [-0.2, 0) is 11.3 Å². The molecule has 17 heavy (non-hydrogen) atoms. The van der Waals surface area contributed by atoms with E-state index >= 15 is 0 Å². The van der Waals surface area contributed by atoms with Gasteiger partial charge >= 0.3 is 6.09 Å². The number of rotatable bonds is 3. The molecular weight excluding hydrogens is 216 g/mol. The Labute approximate surface area is 100 Å². The Morgan fingerprint density at radius 3 is 2.71 bits per heavy atom. The molecule has 3 rings (SSSR count). The van der Waals surface area contributed by atoms with Gasteiger partial charge in [0.1, 0.15) is 6.61 Å². The van der Waals surface area contributed by atoms with E-state index in [1.807, 2.05) is 30.3 Å². The number of hydrogen-bond acceptors (Lipinski definition) is 3. The molecule has 1 aliphatic heterocycles. The molecule has 0 aromatic heterocycles. The molecule has 2 N–H and O–H groups in total. The second kappa shape index (κ2) is 4.37. The Balaban J connectivity index is 1.42. The molecule has 1 amide bonds. The molecule has 1 saturated heterocycles. The fourth-order valence-corrected chi connectivity index (χ4v) is 2.53. The molecule has 1 aromatic rings. The van der Waals surface area contributed by atoms with Crippen LogP contribution in [0.1, 0.15) is 5.56 Å². The number of piperidine rings is 1. The van der Waals surface area contributed by atoms with E-state index in [-0.39, 0.29) is 6.09 Å². The number of fused-ring (bicyclic) bond motifs is 1. The van der Waals surface area contributed by atoms with Crippen molar-refractivity contribution in [1.82, 2.24) is 10.6 Å². The largest absolute Gasteiger partial charge is 0.445 e. The fourth-order valence-electron chi connectivity index (χ4n) is 2.53. The van der Waals surface area contributed by atoms with E-state index in [0.29, 0.717) is 24.5 Å². The van der Waals surface area contributed by atoms with E-state index < -0.39 is 0 Å². The van der Waals surface area contributed by atoms with Gasteiger partial charge in [0.25, 0.3) is 0 Å². The number of nitrogens with one attached hydrogen (secondary N) is 2. The first-order valence-corrected chi connectivity index (χ1v) is 6.02. The summed E-state index contributed by atoms with van der Waals surface area (Å²) in [6, 6.07) is 10.1. The van der Waals surface area contributed by atoms with Crippen LogP contribution in [0.25, 0.3) is 0 Å². The summed E-state index contributed by atoms with van der Waals surface area (Å²) in [5.74, 6) is 1.25. The third kappa shape index (κ3) is 2.26. The van der Waals surface area contributed by atoms with Crippen LogP contribution in [0.3, 0.4) is 0 Å². The quantitative estimate of drug-likeness (QED) is 0.821. The van der Waals surface area contributed by atoms with Gasteiger partial charge in [0.15, 0.2) is 0 Å². The molecule has 1 heterocycles. The highest BCUT2D eigenvalue weighted by Gasteiger charge is 2.53. The number of amides is 1. The van der Waals surface area contributed by atoms with Gasteiger partial charge in [-0.15, -0.1) is 0 Å². The summed E-state index contributed by atoms with van der Waals surface area (Å²) in [5, 5.41) is 6.22. The van der Waals surface area contributed by atoms with E-state index in [2.05, 4.69) is 10.6 Å². The molecule has 90 valence electrons. The van der Waals surface area contributed by atoms with E-state index in [1.165, 1.54) is 0 Å². The molecule has 0 radical (unpaired) electrons. The average molecular weight is 232 g/mol. The van der Waals surface area contributed by atoms with Crippen LogP contribution in [-0.4, -0.2) is 25.2 Å². The van der Waals surface area contributed by atoms with Crippen LogP contribution in [0.4, 0.5) is 4.79 Å².